The number of hydrogen-bond donors (Lipinski definition) is 1. The molecule has 3 aromatic rings. The van der Waals surface area contributed by atoms with Gasteiger partial charge in [-0.05, 0) is 37.1 Å². The molecule has 8 heteroatoms. The summed E-state index contributed by atoms with van der Waals surface area (Å²) in [6, 6.07) is 16.3. The van der Waals surface area contributed by atoms with Crippen molar-refractivity contribution in [2.45, 2.75) is 32.9 Å². The van der Waals surface area contributed by atoms with Crippen LogP contribution in [-0.2, 0) is 21.7 Å². The molecule has 4 rings (SSSR count). The lowest BCUT2D eigenvalue weighted by atomic mass is 9.92. The van der Waals surface area contributed by atoms with E-state index in [1.165, 1.54) is 23.2 Å². The second-order valence-corrected chi connectivity index (χ2v) is 8.46. The quantitative estimate of drug-likeness (QED) is 0.613. The van der Waals surface area contributed by atoms with Gasteiger partial charge in [0.1, 0.15) is 5.54 Å². The molecule has 1 aliphatic heterocycles. The Kier molecular flexibility index (Phi) is 5.32. The number of rotatable bonds is 5. The number of nitrogens with zero attached hydrogens (tertiary/aromatic N) is 3. The highest BCUT2D eigenvalue weighted by molar-refractivity contribution is 7.14. The predicted octanol–water partition coefficient (Wildman–Crippen LogP) is 4.10. The van der Waals surface area contributed by atoms with Crippen molar-refractivity contribution < 1.29 is 14.4 Å². The van der Waals surface area contributed by atoms with Gasteiger partial charge < -0.3 is 5.32 Å². The van der Waals surface area contributed by atoms with Gasteiger partial charge in [0, 0.05) is 12.3 Å². The highest BCUT2D eigenvalue weighted by atomic mass is 32.1. The second-order valence-electron chi connectivity index (χ2n) is 7.63. The van der Waals surface area contributed by atoms with Gasteiger partial charge in [-0.3, -0.25) is 19.4 Å². The first-order valence-electron chi connectivity index (χ1n) is 9.81. The normalized spacial score (nSPS) is 18.2. The van der Waals surface area contributed by atoms with Gasteiger partial charge in [-0.2, -0.15) is 0 Å². The average molecular weight is 435 g/mol. The van der Waals surface area contributed by atoms with Crippen LogP contribution in [0.4, 0.5) is 15.6 Å². The molecule has 0 saturated carbocycles. The molecule has 158 valence electrons. The Balaban J connectivity index is 1.58. The third-order valence-electron chi connectivity index (χ3n) is 5.25. The molecule has 1 aliphatic rings. The van der Waals surface area contributed by atoms with Crippen LogP contribution in [0.5, 0.6) is 0 Å². The summed E-state index contributed by atoms with van der Waals surface area (Å²) in [6.45, 7) is 5.16. The number of anilines is 2. The van der Waals surface area contributed by atoms with Crippen LogP contribution < -0.4 is 10.2 Å². The van der Waals surface area contributed by atoms with Gasteiger partial charge in [-0.1, -0.05) is 42.5 Å². The molecule has 0 radical (unpaired) electrons. The van der Waals surface area contributed by atoms with Gasteiger partial charge in [0.05, 0.1) is 17.9 Å². The van der Waals surface area contributed by atoms with E-state index in [0.717, 1.165) is 21.7 Å². The van der Waals surface area contributed by atoms with Crippen LogP contribution in [0.15, 0.2) is 60.0 Å². The Morgan fingerprint density at radius 3 is 2.58 bits per heavy atom. The van der Waals surface area contributed by atoms with Crippen LogP contribution >= 0.6 is 11.3 Å². The highest BCUT2D eigenvalue weighted by Gasteiger charge is 2.49. The summed E-state index contributed by atoms with van der Waals surface area (Å²) < 4.78 is 0. The van der Waals surface area contributed by atoms with E-state index >= 15 is 0 Å². The van der Waals surface area contributed by atoms with Crippen molar-refractivity contribution in [3.05, 3.63) is 76.8 Å². The Morgan fingerprint density at radius 1 is 1.16 bits per heavy atom. The maximum Gasteiger partial charge on any atom is 0.325 e. The van der Waals surface area contributed by atoms with Crippen molar-refractivity contribution in [2.75, 3.05) is 4.90 Å². The molecular weight excluding hydrogens is 412 g/mol. The number of benzene rings is 2. The highest BCUT2D eigenvalue weighted by Crippen LogP contribution is 2.32. The Hall–Kier alpha value is -3.52. The molecule has 31 heavy (non-hydrogen) atoms. The molecule has 0 bridgehead atoms. The average Bonchev–Trinajstić information content (AvgIpc) is 3.27. The molecule has 7 nitrogen and oxygen atoms in total. The Labute approximate surface area is 184 Å². The SMILES string of the molecule is CC(=O)N(c1cccc(C)c1)c1nc(CN2C(=O)NC(C)(c3ccccc3)C2=O)cs1. The summed E-state index contributed by atoms with van der Waals surface area (Å²) in [7, 11) is 0. The molecule has 1 atom stereocenters. The first-order chi connectivity index (χ1) is 14.8. The van der Waals surface area contributed by atoms with Crippen LogP contribution in [-0.4, -0.2) is 27.7 Å². The number of nitrogens with one attached hydrogen (secondary N) is 1. The molecular formula is C23H22N4O3S. The summed E-state index contributed by atoms with van der Waals surface area (Å²) >= 11 is 1.29. The van der Waals surface area contributed by atoms with E-state index in [1.807, 2.05) is 61.5 Å². The summed E-state index contributed by atoms with van der Waals surface area (Å²) in [4.78, 5) is 45.2. The van der Waals surface area contributed by atoms with Crippen LogP contribution in [0.25, 0.3) is 0 Å². The Bertz CT molecular complexity index is 1160. The number of carbonyl (C=O) groups is 3. The molecule has 1 N–H and O–H groups in total. The summed E-state index contributed by atoms with van der Waals surface area (Å²) in [5.74, 6) is -0.501. The first kappa shape index (κ1) is 20.7. The largest absolute Gasteiger partial charge is 0.325 e. The van der Waals surface area contributed by atoms with Gasteiger partial charge in [0.15, 0.2) is 5.13 Å². The van der Waals surface area contributed by atoms with Crippen LogP contribution in [0, 0.1) is 6.92 Å². The van der Waals surface area contributed by atoms with Crippen molar-refractivity contribution in [1.82, 2.24) is 15.2 Å². The minimum Gasteiger partial charge on any atom is -0.319 e. The van der Waals surface area contributed by atoms with E-state index in [2.05, 4.69) is 10.3 Å². The lowest BCUT2D eigenvalue weighted by Gasteiger charge is -2.22. The lowest BCUT2D eigenvalue weighted by molar-refractivity contribution is -0.131. The molecule has 2 heterocycles. The van der Waals surface area contributed by atoms with Gasteiger partial charge in [-0.25, -0.2) is 9.78 Å². The number of aromatic nitrogens is 1. The van der Waals surface area contributed by atoms with E-state index in [4.69, 9.17) is 0 Å². The fraction of sp³-hybridized carbons (Fsp3) is 0.217. The van der Waals surface area contributed by atoms with E-state index in [1.54, 1.807) is 12.3 Å². The van der Waals surface area contributed by atoms with Crippen molar-refractivity contribution in [2.24, 2.45) is 0 Å². The van der Waals surface area contributed by atoms with Gasteiger partial charge in [-0.15, -0.1) is 11.3 Å². The maximum atomic E-state index is 13.1. The van der Waals surface area contributed by atoms with Crippen molar-refractivity contribution in [3.8, 4) is 0 Å². The van der Waals surface area contributed by atoms with Gasteiger partial charge in [0.25, 0.3) is 5.91 Å². The number of hydrogen-bond acceptors (Lipinski definition) is 5. The number of amides is 4. The third-order valence-corrected chi connectivity index (χ3v) is 6.13. The number of thiazole rings is 1. The monoisotopic (exact) mass is 434 g/mol. The van der Waals surface area contributed by atoms with Crippen molar-refractivity contribution in [1.29, 1.82) is 0 Å². The molecule has 0 spiro atoms. The number of aryl methyl sites for hydroxylation is 1. The molecule has 1 saturated heterocycles. The molecule has 1 unspecified atom stereocenters. The minimum absolute atomic E-state index is 0.0309. The predicted molar refractivity (Wildman–Crippen MR) is 119 cm³/mol. The Morgan fingerprint density at radius 2 is 1.90 bits per heavy atom. The lowest BCUT2D eigenvalue weighted by Crippen LogP contribution is -2.40. The summed E-state index contributed by atoms with van der Waals surface area (Å²) in [5, 5.41) is 5.05. The van der Waals surface area contributed by atoms with Gasteiger partial charge in [0.2, 0.25) is 5.91 Å². The third kappa shape index (κ3) is 3.82. The van der Waals surface area contributed by atoms with E-state index in [-0.39, 0.29) is 18.4 Å². The van der Waals surface area contributed by atoms with Crippen molar-refractivity contribution >= 4 is 40.0 Å². The topological polar surface area (TPSA) is 82.6 Å². The zero-order valence-corrected chi connectivity index (χ0v) is 18.3. The first-order valence-corrected chi connectivity index (χ1v) is 10.7. The molecule has 4 amide bonds. The number of urea groups is 1. The second kappa shape index (κ2) is 7.96. The fourth-order valence-electron chi connectivity index (χ4n) is 3.64. The van der Waals surface area contributed by atoms with Crippen LogP contribution in [0.2, 0.25) is 0 Å². The molecule has 2 aromatic carbocycles. The zero-order valence-electron chi connectivity index (χ0n) is 17.5. The van der Waals surface area contributed by atoms with E-state index in [9.17, 15) is 14.4 Å². The number of carbonyl (C=O) groups excluding carboxylic acids is 3. The van der Waals surface area contributed by atoms with Crippen LogP contribution in [0.1, 0.15) is 30.7 Å². The van der Waals surface area contributed by atoms with Gasteiger partial charge >= 0.3 is 6.03 Å². The van der Waals surface area contributed by atoms with E-state index in [0.29, 0.717) is 10.8 Å². The smallest absolute Gasteiger partial charge is 0.319 e. The number of imide groups is 1. The standard InChI is InChI=1S/C23H22N4O3S/c1-15-8-7-11-19(12-15)27(16(2)28)22-24-18(14-31-22)13-26-20(29)23(3,25-21(26)30)17-9-5-4-6-10-17/h4-12,14H,13H2,1-3H3,(H,25,30). The van der Waals surface area contributed by atoms with Crippen molar-refractivity contribution in [3.63, 3.8) is 0 Å². The zero-order chi connectivity index (χ0) is 22.2. The summed E-state index contributed by atoms with van der Waals surface area (Å²) in [6.07, 6.45) is 0. The maximum absolute atomic E-state index is 13.1. The minimum atomic E-state index is -1.12. The molecule has 1 aromatic heterocycles. The molecule has 1 fully saturated rings. The summed E-state index contributed by atoms with van der Waals surface area (Å²) in [5.41, 5.74) is 1.89. The fourth-order valence-corrected chi connectivity index (χ4v) is 4.51. The van der Waals surface area contributed by atoms with Crippen LogP contribution in [0.3, 0.4) is 0 Å². The molecule has 0 aliphatic carbocycles. The van der Waals surface area contributed by atoms with E-state index < -0.39 is 11.6 Å².